The molecule has 0 saturated carbocycles. The fraction of sp³-hybridized carbons (Fsp3) is 0.111. The van der Waals surface area contributed by atoms with Crippen LogP contribution in [-0.4, -0.2) is 36.2 Å². The van der Waals surface area contributed by atoms with Gasteiger partial charge in [0.2, 0.25) is 0 Å². The Hall–Kier alpha value is -3.48. The molecule has 7 nitrogen and oxygen atoms in total. The van der Waals surface area contributed by atoms with Crippen molar-refractivity contribution >= 4 is 27.9 Å². The monoisotopic (exact) mass is 333 g/mol. The first-order chi connectivity index (χ1) is 12.2. The summed E-state index contributed by atoms with van der Waals surface area (Å²) in [6.45, 7) is 1.60. The van der Waals surface area contributed by atoms with Gasteiger partial charge in [0, 0.05) is 18.0 Å². The largest absolute Gasteiger partial charge is 0.481 e. The van der Waals surface area contributed by atoms with E-state index in [0.29, 0.717) is 0 Å². The number of hydrogen-bond donors (Lipinski definition) is 1. The van der Waals surface area contributed by atoms with Crippen molar-refractivity contribution in [2.24, 2.45) is 0 Å². The lowest BCUT2D eigenvalue weighted by molar-refractivity contribution is -0.136. The van der Waals surface area contributed by atoms with Crippen LogP contribution in [0, 0.1) is 0 Å². The van der Waals surface area contributed by atoms with Gasteiger partial charge in [0.25, 0.3) is 0 Å². The summed E-state index contributed by atoms with van der Waals surface area (Å²) in [5.74, 6) is -0.745. The van der Waals surface area contributed by atoms with Crippen LogP contribution in [0.1, 0.15) is 13.3 Å². The molecule has 0 unspecified atom stereocenters. The summed E-state index contributed by atoms with van der Waals surface area (Å²) >= 11 is 0. The Labute approximate surface area is 143 Å². The van der Waals surface area contributed by atoms with Crippen molar-refractivity contribution < 1.29 is 9.90 Å². The van der Waals surface area contributed by atoms with E-state index in [4.69, 9.17) is 5.11 Å². The number of aliphatic carboxylic acids is 1. The number of hydrogen-bond acceptors (Lipinski definition) is 6. The van der Waals surface area contributed by atoms with Crippen molar-refractivity contribution in [3.05, 3.63) is 55.0 Å². The van der Waals surface area contributed by atoms with E-state index in [9.17, 15) is 4.79 Å². The molecule has 0 bridgehead atoms. The number of pyridine rings is 1. The minimum atomic E-state index is -0.745. The number of aromatic nitrogens is 5. The first-order valence-electron chi connectivity index (χ1n) is 7.69. The molecule has 4 rings (SSSR count). The number of imidazole rings is 1. The Morgan fingerprint density at radius 1 is 0.920 bits per heavy atom. The van der Waals surface area contributed by atoms with Gasteiger partial charge in [-0.1, -0.05) is 25.1 Å². The first-order valence-corrected chi connectivity index (χ1v) is 7.69. The van der Waals surface area contributed by atoms with Gasteiger partial charge in [-0.3, -0.25) is 9.78 Å². The van der Waals surface area contributed by atoms with E-state index in [1.807, 2.05) is 42.5 Å². The lowest BCUT2D eigenvalue weighted by atomic mass is 10.2. The number of fused-ring (bicyclic) bond motifs is 3. The maximum Gasteiger partial charge on any atom is 0.303 e. The van der Waals surface area contributed by atoms with E-state index in [2.05, 4.69) is 25.1 Å². The maximum absolute atomic E-state index is 9.37. The van der Waals surface area contributed by atoms with Crippen molar-refractivity contribution in [1.29, 1.82) is 0 Å². The summed E-state index contributed by atoms with van der Waals surface area (Å²) < 4.78 is 0. The molecule has 4 aromatic rings. The molecule has 0 saturated heterocycles. The van der Waals surface area contributed by atoms with Gasteiger partial charge in [-0.15, -0.1) is 10.2 Å². The number of carboxylic acid groups (broad SMARTS) is 1. The third kappa shape index (κ3) is 3.72. The van der Waals surface area contributed by atoms with Crippen LogP contribution in [0.15, 0.2) is 55.0 Å². The number of benzene rings is 1. The number of nitrogens with zero attached hydrogens (tertiary/aromatic N) is 5. The molecule has 0 aliphatic carbocycles. The highest BCUT2D eigenvalue weighted by Gasteiger charge is 2.05. The topological polar surface area (TPSA) is 102 Å². The van der Waals surface area contributed by atoms with Crippen molar-refractivity contribution in [2.75, 3.05) is 0 Å². The lowest BCUT2D eigenvalue weighted by Crippen LogP contribution is -1.86. The molecule has 0 spiro atoms. The van der Waals surface area contributed by atoms with Gasteiger partial charge in [0.15, 0.2) is 0 Å². The Balaban J connectivity index is 0.000000324. The molecule has 1 aromatic carbocycles. The fourth-order valence-corrected chi connectivity index (χ4v) is 2.16. The Kier molecular flexibility index (Phi) is 4.84. The Morgan fingerprint density at radius 2 is 1.72 bits per heavy atom. The Morgan fingerprint density at radius 3 is 2.44 bits per heavy atom. The molecule has 0 aliphatic heterocycles. The predicted octanol–water partition coefficient (Wildman–Crippen LogP) is 3.12. The van der Waals surface area contributed by atoms with E-state index in [-0.39, 0.29) is 6.42 Å². The zero-order chi connectivity index (χ0) is 17.6. The second-order valence-electron chi connectivity index (χ2n) is 5.13. The second kappa shape index (κ2) is 7.39. The van der Waals surface area contributed by atoms with Crippen molar-refractivity contribution in [3.63, 3.8) is 0 Å². The smallest absolute Gasteiger partial charge is 0.303 e. The van der Waals surface area contributed by atoms with Crippen LogP contribution >= 0.6 is 0 Å². The van der Waals surface area contributed by atoms with Crippen LogP contribution in [0.25, 0.3) is 33.3 Å². The predicted molar refractivity (Wildman–Crippen MR) is 93.8 cm³/mol. The van der Waals surface area contributed by atoms with Crippen LogP contribution < -0.4 is 0 Å². The molecule has 1 N–H and O–H groups in total. The van der Waals surface area contributed by atoms with E-state index < -0.39 is 5.97 Å². The lowest BCUT2D eigenvalue weighted by Gasteiger charge is -1.93. The molecule has 3 aromatic heterocycles. The number of rotatable bonds is 2. The third-order valence-corrected chi connectivity index (χ3v) is 3.45. The summed E-state index contributed by atoms with van der Waals surface area (Å²) in [5, 5.41) is 17.3. The molecule has 0 atom stereocenters. The fourth-order valence-electron chi connectivity index (χ4n) is 2.16. The standard InChI is InChI=1S/C15H9N5.C3H6O2/c1-2-8-16-11(3-1)12-6-4-10-5-7-13-15(18-9-17-13)14(10)20-19-12;1-2-3(4)5/h1-9H;2H2,1H3,(H,4,5). The highest BCUT2D eigenvalue weighted by atomic mass is 16.4. The summed E-state index contributed by atoms with van der Waals surface area (Å²) in [7, 11) is 0. The van der Waals surface area contributed by atoms with Crippen LogP contribution in [0.5, 0.6) is 0 Å². The summed E-state index contributed by atoms with van der Waals surface area (Å²) in [4.78, 5) is 22.1. The molecule has 0 amide bonds. The molecular formula is C18H15N5O2. The average molecular weight is 333 g/mol. The molecule has 0 aliphatic rings. The molecule has 0 radical (unpaired) electrons. The first kappa shape index (κ1) is 16.4. The van der Waals surface area contributed by atoms with E-state index in [1.165, 1.54) is 0 Å². The van der Waals surface area contributed by atoms with Crippen LogP contribution in [0.4, 0.5) is 0 Å². The van der Waals surface area contributed by atoms with Gasteiger partial charge >= 0.3 is 5.97 Å². The van der Waals surface area contributed by atoms with Gasteiger partial charge < -0.3 is 5.11 Å². The number of carboxylic acids is 1. The molecule has 0 fully saturated rings. The summed E-state index contributed by atoms with van der Waals surface area (Å²) in [6.07, 6.45) is 3.50. The van der Waals surface area contributed by atoms with Crippen molar-refractivity contribution in [2.45, 2.75) is 13.3 Å². The van der Waals surface area contributed by atoms with Gasteiger partial charge in [-0.05, 0) is 24.3 Å². The van der Waals surface area contributed by atoms with Crippen molar-refractivity contribution in [3.8, 4) is 11.4 Å². The molecule has 25 heavy (non-hydrogen) atoms. The summed E-state index contributed by atoms with van der Waals surface area (Å²) in [6, 6.07) is 13.5. The molecule has 7 heteroatoms. The van der Waals surface area contributed by atoms with Crippen molar-refractivity contribution in [1.82, 2.24) is 25.1 Å². The van der Waals surface area contributed by atoms with Gasteiger partial charge in [0.05, 0.1) is 11.2 Å². The molecular weight excluding hydrogens is 318 g/mol. The van der Waals surface area contributed by atoms with E-state index >= 15 is 0 Å². The van der Waals surface area contributed by atoms with Gasteiger partial charge in [-0.2, -0.15) is 0 Å². The molecule has 124 valence electrons. The quantitative estimate of drug-likeness (QED) is 0.601. The normalized spacial score (nSPS) is 10.3. The number of carbonyl (C=O) groups is 1. The zero-order valence-electron chi connectivity index (χ0n) is 13.5. The van der Waals surface area contributed by atoms with Gasteiger partial charge in [0.1, 0.15) is 23.1 Å². The maximum atomic E-state index is 9.37. The van der Waals surface area contributed by atoms with Crippen LogP contribution in [0.3, 0.4) is 0 Å². The Bertz CT molecular complexity index is 1020. The minimum Gasteiger partial charge on any atom is -0.481 e. The van der Waals surface area contributed by atoms with Gasteiger partial charge in [-0.25, -0.2) is 9.97 Å². The summed E-state index contributed by atoms with van der Waals surface area (Å²) in [5.41, 5.74) is 3.89. The average Bonchev–Trinajstić information content (AvgIpc) is 3.02. The zero-order valence-corrected chi connectivity index (χ0v) is 13.5. The second-order valence-corrected chi connectivity index (χ2v) is 5.13. The van der Waals surface area contributed by atoms with E-state index in [1.54, 1.807) is 19.4 Å². The van der Waals surface area contributed by atoms with Crippen LogP contribution in [0.2, 0.25) is 0 Å². The minimum absolute atomic E-state index is 0.222. The highest BCUT2D eigenvalue weighted by molar-refractivity contribution is 6.00. The molecule has 3 heterocycles. The third-order valence-electron chi connectivity index (χ3n) is 3.45. The SMILES string of the molecule is CCC(=O)O.c1ccc(-c2ccc3ccc4ncnc4c3nn2)nc1. The van der Waals surface area contributed by atoms with Crippen LogP contribution in [-0.2, 0) is 4.79 Å². The van der Waals surface area contributed by atoms with E-state index in [0.717, 1.165) is 33.3 Å². The highest BCUT2D eigenvalue weighted by Crippen LogP contribution is 2.21.